The molecule has 224 valence electrons. The van der Waals surface area contributed by atoms with Crippen LogP contribution in [0.4, 0.5) is 5.69 Å². The summed E-state index contributed by atoms with van der Waals surface area (Å²) in [6, 6.07) is 20.1. The second-order valence-electron chi connectivity index (χ2n) is 12.1. The number of carbonyl (C=O) groups is 1. The van der Waals surface area contributed by atoms with Gasteiger partial charge in [0.05, 0.1) is 24.2 Å². The molecule has 2 aliphatic heterocycles. The van der Waals surface area contributed by atoms with Crippen molar-refractivity contribution in [2.75, 3.05) is 31.0 Å². The zero-order valence-corrected chi connectivity index (χ0v) is 25.7. The quantitative estimate of drug-likeness (QED) is 0.385. The predicted octanol–water partition coefficient (Wildman–Crippen LogP) is 5.25. The van der Waals surface area contributed by atoms with Crippen molar-refractivity contribution in [1.29, 1.82) is 0 Å². The summed E-state index contributed by atoms with van der Waals surface area (Å²) < 4.78 is 40.5. The Labute approximate surface area is 249 Å². The predicted molar refractivity (Wildman–Crippen MR) is 165 cm³/mol. The maximum absolute atomic E-state index is 13.9. The Kier molecular flexibility index (Phi) is 8.80. The molecule has 1 atom stereocenters. The Morgan fingerprint density at radius 2 is 1.62 bits per heavy atom. The van der Waals surface area contributed by atoms with E-state index in [0.29, 0.717) is 23.7 Å². The number of amides is 1. The van der Waals surface area contributed by atoms with Crippen molar-refractivity contribution in [3.8, 4) is 11.5 Å². The molecule has 8 nitrogen and oxygen atoms in total. The van der Waals surface area contributed by atoms with Crippen LogP contribution < -0.4 is 19.1 Å². The number of benzene rings is 3. The number of anilines is 1. The number of hydrogen-bond donors (Lipinski definition) is 1. The van der Waals surface area contributed by atoms with Crippen LogP contribution in [0.5, 0.6) is 11.5 Å². The van der Waals surface area contributed by atoms with Crippen LogP contribution in [0.3, 0.4) is 0 Å². The SMILES string of the molecule is COc1ccc(S(=O)(=O)N2CC(C(=O)NCc3ccc(CN4CCCCC4)cc3)Oc3ccc(C(C)(C)C)cc32)cc1. The summed E-state index contributed by atoms with van der Waals surface area (Å²) in [6.07, 6.45) is 2.82. The molecule has 0 radical (unpaired) electrons. The number of carbonyl (C=O) groups excluding carboxylic acids is 1. The second-order valence-corrected chi connectivity index (χ2v) is 14.0. The van der Waals surface area contributed by atoms with Gasteiger partial charge in [-0.1, -0.05) is 57.5 Å². The maximum Gasteiger partial charge on any atom is 0.264 e. The Morgan fingerprint density at radius 1 is 0.952 bits per heavy atom. The number of likely N-dealkylation sites (tertiary alicyclic amines) is 1. The summed E-state index contributed by atoms with van der Waals surface area (Å²) in [6.45, 7) is 9.61. The molecule has 5 rings (SSSR count). The average molecular weight is 592 g/mol. The molecule has 1 fully saturated rings. The molecule has 1 N–H and O–H groups in total. The van der Waals surface area contributed by atoms with Crippen LogP contribution in [0.15, 0.2) is 71.6 Å². The van der Waals surface area contributed by atoms with E-state index in [4.69, 9.17) is 9.47 Å². The minimum absolute atomic E-state index is 0.112. The van der Waals surface area contributed by atoms with E-state index >= 15 is 0 Å². The first kappa shape index (κ1) is 29.9. The van der Waals surface area contributed by atoms with Crippen LogP contribution in [0.1, 0.15) is 56.7 Å². The minimum Gasteiger partial charge on any atom is -0.497 e. The van der Waals surface area contributed by atoms with Gasteiger partial charge in [0.15, 0.2) is 6.10 Å². The van der Waals surface area contributed by atoms with E-state index in [1.54, 1.807) is 18.2 Å². The van der Waals surface area contributed by atoms with Crippen LogP contribution in [0.25, 0.3) is 0 Å². The van der Waals surface area contributed by atoms with Gasteiger partial charge >= 0.3 is 0 Å². The first-order valence-corrected chi connectivity index (χ1v) is 16.0. The van der Waals surface area contributed by atoms with E-state index in [-0.39, 0.29) is 22.8 Å². The van der Waals surface area contributed by atoms with Crippen molar-refractivity contribution in [1.82, 2.24) is 10.2 Å². The Hall–Kier alpha value is -3.56. The fraction of sp³-hybridized carbons (Fsp3) is 0.424. The third kappa shape index (κ3) is 6.73. The fourth-order valence-corrected chi connectivity index (χ4v) is 6.87. The highest BCUT2D eigenvalue weighted by molar-refractivity contribution is 7.92. The van der Waals surface area contributed by atoms with Gasteiger partial charge in [-0.2, -0.15) is 0 Å². The van der Waals surface area contributed by atoms with Crippen molar-refractivity contribution in [2.45, 2.75) is 69.5 Å². The van der Waals surface area contributed by atoms with Gasteiger partial charge in [-0.25, -0.2) is 8.42 Å². The van der Waals surface area contributed by atoms with E-state index < -0.39 is 16.1 Å². The topological polar surface area (TPSA) is 88.2 Å². The molecular weight excluding hydrogens is 550 g/mol. The standard InChI is InChI=1S/C33H41N3O5S/c1-33(2,3)26-12-17-30-29(20-26)36(42(38,39)28-15-13-27(40-4)14-16-28)23-31(41-30)32(37)34-21-24-8-10-25(11-9-24)22-35-18-6-5-7-19-35/h8-17,20,31H,5-7,18-19,21-23H2,1-4H3,(H,34,37). The molecule has 0 saturated carbocycles. The second kappa shape index (κ2) is 12.4. The molecule has 1 unspecified atom stereocenters. The summed E-state index contributed by atoms with van der Waals surface area (Å²) in [7, 11) is -2.47. The molecule has 9 heteroatoms. The van der Waals surface area contributed by atoms with Crippen LogP contribution in [-0.4, -0.2) is 52.1 Å². The number of sulfonamides is 1. The number of methoxy groups -OCH3 is 1. The number of nitrogens with one attached hydrogen (secondary N) is 1. The molecule has 0 aromatic heterocycles. The summed E-state index contributed by atoms with van der Waals surface area (Å²) >= 11 is 0. The smallest absolute Gasteiger partial charge is 0.264 e. The van der Waals surface area contributed by atoms with Crippen molar-refractivity contribution < 1.29 is 22.7 Å². The molecule has 0 aliphatic carbocycles. The molecule has 1 saturated heterocycles. The first-order chi connectivity index (χ1) is 20.0. The average Bonchev–Trinajstić information content (AvgIpc) is 2.99. The van der Waals surface area contributed by atoms with E-state index in [1.807, 2.05) is 24.3 Å². The lowest BCUT2D eigenvalue weighted by Gasteiger charge is -2.36. The maximum atomic E-state index is 13.9. The third-order valence-corrected chi connectivity index (χ3v) is 9.77. The number of hydrogen-bond acceptors (Lipinski definition) is 6. The fourth-order valence-electron chi connectivity index (χ4n) is 5.40. The van der Waals surface area contributed by atoms with Gasteiger partial charge in [-0.05, 0) is 84.4 Å². The zero-order chi connectivity index (χ0) is 29.9. The monoisotopic (exact) mass is 591 g/mol. The summed E-state index contributed by atoms with van der Waals surface area (Å²) in [5, 5.41) is 2.95. The summed E-state index contributed by atoms with van der Waals surface area (Å²) in [5.74, 6) is 0.546. The number of nitrogens with zero attached hydrogens (tertiary/aromatic N) is 2. The lowest BCUT2D eigenvalue weighted by Crippen LogP contribution is -2.50. The molecule has 1 amide bonds. The molecule has 2 aliphatic rings. The minimum atomic E-state index is -4.00. The highest BCUT2D eigenvalue weighted by Crippen LogP contribution is 2.40. The molecule has 3 aromatic carbocycles. The zero-order valence-electron chi connectivity index (χ0n) is 24.9. The van der Waals surface area contributed by atoms with E-state index in [9.17, 15) is 13.2 Å². The number of rotatable bonds is 8. The van der Waals surface area contributed by atoms with E-state index in [0.717, 1.165) is 30.8 Å². The highest BCUT2D eigenvalue weighted by Gasteiger charge is 2.38. The lowest BCUT2D eigenvalue weighted by molar-refractivity contribution is -0.127. The number of fused-ring (bicyclic) bond motifs is 1. The van der Waals surface area contributed by atoms with Crippen molar-refractivity contribution in [3.05, 3.63) is 83.4 Å². The van der Waals surface area contributed by atoms with E-state index in [1.165, 1.54) is 48.4 Å². The van der Waals surface area contributed by atoms with Gasteiger partial charge in [0, 0.05) is 13.1 Å². The van der Waals surface area contributed by atoms with Crippen LogP contribution in [0.2, 0.25) is 0 Å². The van der Waals surface area contributed by atoms with Gasteiger partial charge in [0.1, 0.15) is 11.5 Å². The van der Waals surface area contributed by atoms with Crippen molar-refractivity contribution in [2.24, 2.45) is 0 Å². The molecule has 2 heterocycles. The van der Waals surface area contributed by atoms with Crippen molar-refractivity contribution in [3.63, 3.8) is 0 Å². The lowest BCUT2D eigenvalue weighted by atomic mass is 9.86. The molecule has 3 aromatic rings. The number of ether oxygens (including phenoxy) is 2. The Bertz CT molecular complexity index is 1490. The van der Waals surface area contributed by atoms with Gasteiger partial charge in [-0.15, -0.1) is 0 Å². The van der Waals surface area contributed by atoms with Crippen LogP contribution in [0, 0.1) is 0 Å². The van der Waals surface area contributed by atoms with Gasteiger partial charge in [-0.3, -0.25) is 14.0 Å². The molecule has 0 spiro atoms. The third-order valence-electron chi connectivity index (χ3n) is 7.98. The normalized spacial score (nSPS) is 17.7. The Morgan fingerprint density at radius 3 is 2.26 bits per heavy atom. The highest BCUT2D eigenvalue weighted by atomic mass is 32.2. The van der Waals surface area contributed by atoms with Gasteiger partial charge in [0.2, 0.25) is 0 Å². The molecule has 42 heavy (non-hydrogen) atoms. The van der Waals surface area contributed by atoms with Crippen LogP contribution in [-0.2, 0) is 33.3 Å². The summed E-state index contributed by atoms with van der Waals surface area (Å²) in [5.41, 5.74) is 3.41. The number of piperidine rings is 1. The molecule has 0 bridgehead atoms. The van der Waals surface area contributed by atoms with Gasteiger partial charge in [0.25, 0.3) is 15.9 Å². The van der Waals surface area contributed by atoms with E-state index in [2.05, 4.69) is 43.1 Å². The van der Waals surface area contributed by atoms with Gasteiger partial charge < -0.3 is 14.8 Å². The Balaban J connectivity index is 1.33. The molecular formula is C33H41N3O5S. The van der Waals surface area contributed by atoms with Crippen molar-refractivity contribution >= 4 is 21.6 Å². The summed E-state index contributed by atoms with van der Waals surface area (Å²) in [4.78, 5) is 15.9. The van der Waals surface area contributed by atoms with Crippen LogP contribution >= 0.6 is 0 Å². The first-order valence-electron chi connectivity index (χ1n) is 14.6. The largest absolute Gasteiger partial charge is 0.497 e.